The summed E-state index contributed by atoms with van der Waals surface area (Å²) >= 11 is 0. The summed E-state index contributed by atoms with van der Waals surface area (Å²) in [6.45, 7) is 2.18. The molecule has 1 aliphatic rings. The molecule has 0 radical (unpaired) electrons. The van der Waals surface area contributed by atoms with Crippen molar-refractivity contribution in [1.82, 2.24) is 5.32 Å². The number of benzene rings is 2. The van der Waals surface area contributed by atoms with Gasteiger partial charge in [-0.1, -0.05) is 60.7 Å². The summed E-state index contributed by atoms with van der Waals surface area (Å²) in [7, 11) is 0. The second-order valence-corrected chi connectivity index (χ2v) is 8.18. The average molecular weight is 440 g/mol. The fraction of sp³-hybridized carbons (Fsp3) is 0.462. The topological polar surface area (TPSA) is 73.9 Å². The Morgan fingerprint density at radius 1 is 0.906 bits per heavy atom. The van der Waals surface area contributed by atoms with Crippen molar-refractivity contribution in [3.05, 3.63) is 71.8 Å². The summed E-state index contributed by atoms with van der Waals surface area (Å²) in [5.41, 5.74) is 2.25. The number of nitrogens with one attached hydrogen (secondary N) is 1. The molecule has 1 fully saturated rings. The van der Waals surface area contributed by atoms with Gasteiger partial charge in [-0.3, -0.25) is 0 Å². The SMILES string of the molecule is CCOC(=O)C(COC1CCC(Cc2ccccc2)CC1)NC(=O)OCc1ccccc1. The number of hydrogen-bond acceptors (Lipinski definition) is 5. The maximum atomic E-state index is 12.3. The molecule has 6 heteroatoms. The molecule has 1 aliphatic carbocycles. The van der Waals surface area contributed by atoms with Crippen molar-refractivity contribution in [1.29, 1.82) is 0 Å². The van der Waals surface area contributed by atoms with Gasteiger partial charge in [0.05, 0.1) is 19.3 Å². The van der Waals surface area contributed by atoms with Crippen LogP contribution in [0.2, 0.25) is 0 Å². The molecule has 6 nitrogen and oxygen atoms in total. The minimum atomic E-state index is -0.889. The minimum Gasteiger partial charge on any atom is -0.464 e. The van der Waals surface area contributed by atoms with Gasteiger partial charge in [0.15, 0.2) is 6.04 Å². The number of amides is 1. The largest absolute Gasteiger partial charge is 0.464 e. The zero-order chi connectivity index (χ0) is 22.6. The molecule has 172 valence electrons. The number of alkyl carbamates (subject to hydrolysis) is 1. The van der Waals surface area contributed by atoms with E-state index in [1.165, 1.54) is 5.56 Å². The van der Waals surface area contributed by atoms with E-state index in [0.717, 1.165) is 37.7 Å². The van der Waals surface area contributed by atoms with Crippen molar-refractivity contribution in [2.75, 3.05) is 13.2 Å². The minimum absolute atomic E-state index is 0.0767. The number of rotatable bonds is 10. The third-order valence-corrected chi connectivity index (χ3v) is 5.74. The lowest BCUT2D eigenvalue weighted by Gasteiger charge is -2.29. The molecule has 2 aromatic carbocycles. The van der Waals surface area contributed by atoms with Gasteiger partial charge in [-0.15, -0.1) is 0 Å². The lowest BCUT2D eigenvalue weighted by molar-refractivity contribution is -0.148. The third kappa shape index (κ3) is 8.00. The van der Waals surface area contributed by atoms with Crippen LogP contribution >= 0.6 is 0 Å². The van der Waals surface area contributed by atoms with Crippen molar-refractivity contribution in [2.45, 2.75) is 57.8 Å². The second kappa shape index (κ2) is 12.9. The van der Waals surface area contributed by atoms with Gasteiger partial charge in [-0.05, 0) is 56.1 Å². The summed E-state index contributed by atoms with van der Waals surface area (Å²) in [5, 5.41) is 2.59. The summed E-state index contributed by atoms with van der Waals surface area (Å²) in [4.78, 5) is 24.5. The van der Waals surface area contributed by atoms with Gasteiger partial charge in [0, 0.05) is 0 Å². The van der Waals surface area contributed by atoms with Gasteiger partial charge >= 0.3 is 12.1 Å². The standard InChI is InChI=1S/C26H33NO5/c1-2-30-25(28)24(27-26(29)32-18-22-11-7-4-8-12-22)19-31-23-15-13-21(14-16-23)17-20-9-5-3-6-10-20/h3-12,21,23-24H,2,13-19H2,1H3,(H,27,29). The van der Waals surface area contributed by atoms with Gasteiger partial charge in [-0.25, -0.2) is 9.59 Å². The van der Waals surface area contributed by atoms with Crippen molar-refractivity contribution in [3.8, 4) is 0 Å². The highest BCUT2D eigenvalue weighted by Crippen LogP contribution is 2.29. The molecule has 0 bridgehead atoms. The molecule has 1 saturated carbocycles. The second-order valence-electron chi connectivity index (χ2n) is 8.18. The monoisotopic (exact) mass is 439 g/mol. The lowest BCUT2D eigenvalue weighted by Crippen LogP contribution is -2.46. The van der Waals surface area contributed by atoms with Gasteiger partial charge in [0.25, 0.3) is 0 Å². The zero-order valence-electron chi connectivity index (χ0n) is 18.7. The highest BCUT2D eigenvalue weighted by molar-refractivity contribution is 5.81. The molecular formula is C26H33NO5. The van der Waals surface area contributed by atoms with Gasteiger partial charge < -0.3 is 19.5 Å². The summed E-state index contributed by atoms with van der Waals surface area (Å²) < 4.78 is 16.3. The average Bonchev–Trinajstić information content (AvgIpc) is 2.83. The Morgan fingerprint density at radius 3 is 2.16 bits per heavy atom. The van der Waals surface area contributed by atoms with E-state index in [1.807, 2.05) is 36.4 Å². The fourth-order valence-electron chi connectivity index (χ4n) is 4.00. The molecule has 1 amide bonds. The maximum Gasteiger partial charge on any atom is 0.408 e. The molecule has 0 aliphatic heterocycles. The molecule has 3 rings (SSSR count). The van der Waals surface area contributed by atoms with Crippen LogP contribution in [0.4, 0.5) is 4.79 Å². The van der Waals surface area contributed by atoms with Crippen LogP contribution in [0, 0.1) is 5.92 Å². The first-order valence-corrected chi connectivity index (χ1v) is 11.4. The lowest BCUT2D eigenvalue weighted by atomic mass is 9.83. The summed E-state index contributed by atoms with van der Waals surface area (Å²) in [5.74, 6) is 0.145. The van der Waals surface area contributed by atoms with Crippen LogP contribution in [-0.4, -0.2) is 37.4 Å². The maximum absolute atomic E-state index is 12.3. The summed E-state index contributed by atoms with van der Waals surface area (Å²) in [6, 6.07) is 19.0. The van der Waals surface area contributed by atoms with Crippen molar-refractivity contribution >= 4 is 12.1 Å². The summed E-state index contributed by atoms with van der Waals surface area (Å²) in [6.07, 6.45) is 4.60. The van der Waals surface area contributed by atoms with E-state index in [4.69, 9.17) is 14.2 Å². The normalized spacial score (nSPS) is 19.0. The van der Waals surface area contributed by atoms with E-state index >= 15 is 0 Å². The predicted molar refractivity (Wildman–Crippen MR) is 122 cm³/mol. The third-order valence-electron chi connectivity index (χ3n) is 5.74. The van der Waals surface area contributed by atoms with E-state index in [2.05, 4.69) is 29.6 Å². The van der Waals surface area contributed by atoms with Crippen molar-refractivity contribution in [2.24, 2.45) is 5.92 Å². The van der Waals surface area contributed by atoms with Gasteiger partial charge in [-0.2, -0.15) is 0 Å². The van der Waals surface area contributed by atoms with Crippen LogP contribution in [0.25, 0.3) is 0 Å². The van der Waals surface area contributed by atoms with E-state index in [-0.39, 0.29) is 25.9 Å². The van der Waals surface area contributed by atoms with Crippen molar-refractivity contribution < 1.29 is 23.8 Å². The first-order chi connectivity index (χ1) is 15.6. The van der Waals surface area contributed by atoms with Crippen LogP contribution in [-0.2, 0) is 32.0 Å². The van der Waals surface area contributed by atoms with Crippen LogP contribution in [0.3, 0.4) is 0 Å². The van der Waals surface area contributed by atoms with E-state index in [0.29, 0.717) is 5.92 Å². The molecule has 1 N–H and O–H groups in total. The Morgan fingerprint density at radius 2 is 1.53 bits per heavy atom. The number of carbonyl (C=O) groups is 2. The Bertz CT molecular complexity index is 819. The fourth-order valence-corrected chi connectivity index (χ4v) is 4.00. The van der Waals surface area contributed by atoms with Crippen LogP contribution < -0.4 is 5.32 Å². The molecule has 1 unspecified atom stereocenters. The highest BCUT2D eigenvalue weighted by Gasteiger charge is 2.27. The van der Waals surface area contributed by atoms with E-state index < -0.39 is 18.1 Å². The van der Waals surface area contributed by atoms with Crippen LogP contribution in [0.15, 0.2) is 60.7 Å². The molecular weight excluding hydrogens is 406 g/mol. The molecule has 32 heavy (non-hydrogen) atoms. The molecule has 0 aromatic heterocycles. The molecule has 2 aromatic rings. The van der Waals surface area contributed by atoms with E-state index in [9.17, 15) is 9.59 Å². The highest BCUT2D eigenvalue weighted by atomic mass is 16.6. The Kier molecular flexibility index (Phi) is 9.57. The Labute approximate surface area is 190 Å². The van der Waals surface area contributed by atoms with Gasteiger partial charge in [0.2, 0.25) is 0 Å². The van der Waals surface area contributed by atoms with Crippen molar-refractivity contribution in [3.63, 3.8) is 0 Å². The number of hydrogen-bond donors (Lipinski definition) is 1. The first kappa shape index (κ1) is 23.8. The Hall–Kier alpha value is -2.86. The smallest absolute Gasteiger partial charge is 0.408 e. The molecule has 1 atom stereocenters. The van der Waals surface area contributed by atoms with Gasteiger partial charge in [0.1, 0.15) is 6.61 Å². The van der Waals surface area contributed by atoms with Crippen LogP contribution in [0.5, 0.6) is 0 Å². The molecule has 0 saturated heterocycles. The first-order valence-electron chi connectivity index (χ1n) is 11.4. The number of esters is 1. The molecule has 0 heterocycles. The van der Waals surface area contributed by atoms with Crippen LogP contribution in [0.1, 0.15) is 43.7 Å². The molecule has 0 spiro atoms. The zero-order valence-corrected chi connectivity index (χ0v) is 18.7. The number of carbonyl (C=O) groups excluding carboxylic acids is 2. The predicted octanol–water partition coefficient (Wildman–Crippen LogP) is 4.66. The van der Waals surface area contributed by atoms with E-state index in [1.54, 1.807) is 6.92 Å². The number of ether oxygens (including phenoxy) is 3. The quantitative estimate of drug-likeness (QED) is 0.545. The Balaban J connectivity index is 1.42.